The molecule has 0 amide bonds. The van der Waals surface area contributed by atoms with Crippen molar-refractivity contribution in [1.29, 1.82) is 0 Å². The van der Waals surface area contributed by atoms with Crippen molar-refractivity contribution in [2.45, 2.75) is 26.2 Å². The first-order valence-corrected chi connectivity index (χ1v) is 10.2. The predicted octanol–water partition coefficient (Wildman–Crippen LogP) is 5.54. The van der Waals surface area contributed by atoms with Crippen LogP contribution in [0.25, 0.3) is 0 Å². The molecule has 0 fully saturated rings. The van der Waals surface area contributed by atoms with Crippen LogP contribution in [-0.4, -0.2) is 25.3 Å². The maximum absolute atomic E-state index is 12.5. The van der Waals surface area contributed by atoms with Gasteiger partial charge in [0, 0.05) is 23.5 Å². The number of hydrogen-bond acceptors (Lipinski definition) is 5. The third-order valence-electron chi connectivity index (χ3n) is 5.01. The number of esters is 1. The summed E-state index contributed by atoms with van der Waals surface area (Å²) in [6.45, 7) is 3.94. The quantitative estimate of drug-likeness (QED) is 0.294. The van der Waals surface area contributed by atoms with E-state index in [9.17, 15) is 9.90 Å². The minimum absolute atomic E-state index is 0.122. The smallest absolute Gasteiger partial charge is 0.311 e. The highest BCUT2D eigenvalue weighted by molar-refractivity contribution is 5.73. The Bertz CT molecular complexity index is 1030. The van der Waals surface area contributed by atoms with Crippen LogP contribution in [-0.2, 0) is 4.79 Å². The van der Waals surface area contributed by atoms with Gasteiger partial charge in [0.05, 0.1) is 14.2 Å². The molecule has 31 heavy (non-hydrogen) atoms. The normalized spacial score (nSPS) is 11.8. The molecule has 0 unspecified atom stereocenters. The molecule has 0 saturated heterocycles. The van der Waals surface area contributed by atoms with Gasteiger partial charge >= 0.3 is 5.97 Å². The summed E-state index contributed by atoms with van der Waals surface area (Å²) in [5, 5.41) is 10.7. The summed E-state index contributed by atoms with van der Waals surface area (Å²) < 4.78 is 16.6. The molecule has 0 radical (unpaired) electrons. The van der Waals surface area contributed by atoms with Gasteiger partial charge in [0.1, 0.15) is 23.0 Å². The first-order valence-electron chi connectivity index (χ1n) is 10.2. The van der Waals surface area contributed by atoms with Gasteiger partial charge in [-0.15, -0.1) is 0 Å². The first-order chi connectivity index (χ1) is 14.9. The lowest BCUT2D eigenvalue weighted by Crippen LogP contribution is -2.14. The maximum atomic E-state index is 12.5. The molecule has 3 aromatic carbocycles. The Hall–Kier alpha value is -3.47. The van der Waals surface area contributed by atoms with Crippen molar-refractivity contribution in [2.24, 2.45) is 5.92 Å². The summed E-state index contributed by atoms with van der Waals surface area (Å²) in [5.41, 5.74) is 2.28. The summed E-state index contributed by atoms with van der Waals surface area (Å²) in [7, 11) is 3.17. The number of phenols is 1. The van der Waals surface area contributed by atoms with E-state index in [1.54, 1.807) is 44.6 Å². The highest BCUT2D eigenvalue weighted by Crippen LogP contribution is 2.43. The van der Waals surface area contributed by atoms with Crippen molar-refractivity contribution < 1.29 is 24.1 Å². The van der Waals surface area contributed by atoms with E-state index in [2.05, 4.69) is 0 Å². The van der Waals surface area contributed by atoms with E-state index in [0.29, 0.717) is 34.8 Å². The second-order valence-electron chi connectivity index (χ2n) is 7.74. The molecule has 0 aliphatic carbocycles. The van der Waals surface area contributed by atoms with Gasteiger partial charge in [-0.2, -0.15) is 0 Å². The van der Waals surface area contributed by atoms with E-state index >= 15 is 0 Å². The molecule has 5 heteroatoms. The number of benzene rings is 3. The Kier molecular flexibility index (Phi) is 7.19. The fraction of sp³-hybridized carbons (Fsp3) is 0.269. The molecule has 1 atom stereocenters. The lowest BCUT2D eigenvalue weighted by atomic mass is 9.84. The molecule has 162 valence electrons. The molecule has 0 saturated carbocycles. The predicted molar refractivity (Wildman–Crippen MR) is 120 cm³/mol. The Morgan fingerprint density at radius 1 is 0.871 bits per heavy atom. The number of methoxy groups -OCH3 is 2. The van der Waals surface area contributed by atoms with Crippen molar-refractivity contribution in [3.05, 3.63) is 83.4 Å². The Labute approximate surface area is 183 Å². The largest absolute Gasteiger partial charge is 0.508 e. The summed E-state index contributed by atoms with van der Waals surface area (Å²) in [6.07, 6.45) is 0.311. The molecule has 0 aliphatic heterocycles. The topological polar surface area (TPSA) is 65.0 Å². The molecule has 5 nitrogen and oxygen atoms in total. The Balaban J connectivity index is 2.20. The lowest BCUT2D eigenvalue weighted by Gasteiger charge is -2.23. The van der Waals surface area contributed by atoms with E-state index in [4.69, 9.17) is 14.2 Å². The van der Waals surface area contributed by atoms with Crippen molar-refractivity contribution in [3.8, 4) is 23.0 Å². The minimum atomic E-state index is -0.409. The van der Waals surface area contributed by atoms with E-state index < -0.39 is 5.92 Å². The second kappa shape index (κ2) is 10.0. The van der Waals surface area contributed by atoms with Crippen molar-refractivity contribution in [2.75, 3.05) is 14.2 Å². The summed E-state index contributed by atoms with van der Waals surface area (Å²) in [6, 6.07) is 20.2. The maximum Gasteiger partial charge on any atom is 0.311 e. The van der Waals surface area contributed by atoms with Crippen LogP contribution < -0.4 is 14.2 Å². The zero-order valence-electron chi connectivity index (χ0n) is 18.3. The molecule has 0 aliphatic rings. The summed E-state index contributed by atoms with van der Waals surface area (Å²) >= 11 is 0. The monoisotopic (exact) mass is 420 g/mol. The van der Waals surface area contributed by atoms with Crippen LogP contribution in [0.2, 0.25) is 0 Å². The summed E-state index contributed by atoms with van der Waals surface area (Å²) in [4.78, 5) is 12.5. The molecule has 0 bridgehead atoms. The fourth-order valence-electron chi connectivity index (χ4n) is 3.53. The van der Waals surface area contributed by atoms with Crippen LogP contribution in [0.3, 0.4) is 0 Å². The summed E-state index contributed by atoms with van der Waals surface area (Å²) in [5.74, 6) is 1.27. The number of rotatable bonds is 8. The standard InChI is InChI=1S/C26H28O5/c1-17(2)14-25(28)31-24-13-11-20(30-4)16-22(24)26(18-8-6-5-7-9-18)21-15-19(29-3)10-12-23(21)27/h5-13,15-17,26-27H,14H2,1-4H3/t26-/m1/s1. The molecule has 0 aromatic heterocycles. The van der Waals surface area contributed by atoms with E-state index in [1.807, 2.05) is 50.2 Å². The zero-order chi connectivity index (χ0) is 22.4. The van der Waals surface area contributed by atoms with Crippen LogP contribution >= 0.6 is 0 Å². The number of hydrogen-bond donors (Lipinski definition) is 1. The average molecular weight is 421 g/mol. The third-order valence-corrected chi connectivity index (χ3v) is 5.01. The Morgan fingerprint density at radius 2 is 1.48 bits per heavy atom. The number of carbonyl (C=O) groups excluding carboxylic acids is 1. The zero-order valence-corrected chi connectivity index (χ0v) is 18.3. The van der Waals surface area contributed by atoms with Crippen LogP contribution in [0.4, 0.5) is 0 Å². The van der Waals surface area contributed by atoms with Crippen LogP contribution in [0.1, 0.15) is 42.9 Å². The van der Waals surface area contributed by atoms with Crippen LogP contribution in [0, 0.1) is 5.92 Å². The van der Waals surface area contributed by atoms with E-state index in [1.165, 1.54) is 0 Å². The molecular weight excluding hydrogens is 392 g/mol. The highest BCUT2D eigenvalue weighted by atomic mass is 16.5. The first kappa shape index (κ1) is 22.2. The number of aromatic hydroxyl groups is 1. The van der Waals surface area contributed by atoms with Gasteiger partial charge in [0.25, 0.3) is 0 Å². The second-order valence-corrected chi connectivity index (χ2v) is 7.74. The van der Waals surface area contributed by atoms with Crippen molar-refractivity contribution in [1.82, 2.24) is 0 Å². The highest BCUT2D eigenvalue weighted by Gasteiger charge is 2.26. The average Bonchev–Trinajstić information content (AvgIpc) is 2.76. The van der Waals surface area contributed by atoms with Gasteiger partial charge in [-0.25, -0.2) is 0 Å². The van der Waals surface area contributed by atoms with Gasteiger partial charge in [0.2, 0.25) is 0 Å². The SMILES string of the molecule is COc1ccc(O)c([C@@H](c2ccccc2)c2cc(OC)ccc2OC(=O)CC(C)C)c1. The number of ether oxygens (including phenoxy) is 3. The van der Waals surface area contributed by atoms with E-state index in [0.717, 1.165) is 5.56 Å². The van der Waals surface area contributed by atoms with Gasteiger partial charge in [0.15, 0.2) is 0 Å². The van der Waals surface area contributed by atoms with Crippen LogP contribution in [0.15, 0.2) is 66.7 Å². The molecule has 0 heterocycles. The molecule has 1 N–H and O–H groups in total. The van der Waals surface area contributed by atoms with Crippen molar-refractivity contribution >= 4 is 5.97 Å². The van der Waals surface area contributed by atoms with Gasteiger partial charge in [-0.05, 0) is 47.9 Å². The molecule has 0 spiro atoms. The van der Waals surface area contributed by atoms with Gasteiger partial charge in [-0.3, -0.25) is 4.79 Å². The fourth-order valence-corrected chi connectivity index (χ4v) is 3.53. The van der Waals surface area contributed by atoms with Gasteiger partial charge in [-0.1, -0.05) is 44.2 Å². The number of carbonyl (C=O) groups is 1. The van der Waals surface area contributed by atoms with Gasteiger partial charge < -0.3 is 19.3 Å². The molecule has 3 rings (SSSR count). The molecule has 3 aromatic rings. The third kappa shape index (κ3) is 5.37. The van der Waals surface area contributed by atoms with Crippen molar-refractivity contribution in [3.63, 3.8) is 0 Å². The number of phenolic OH excluding ortho intramolecular Hbond substituents is 1. The van der Waals surface area contributed by atoms with E-state index in [-0.39, 0.29) is 17.6 Å². The lowest BCUT2D eigenvalue weighted by molar-refractivity contribution is -0.135. The molecular formula is C26H28O5. The Morgan fingerprint density at radius 3 is 2.10 bits per heavy atom. The minimum Gasteiger partial charge on any atom is -0.508 e. The van der Waals surface area contributed by atoms with Crippen LogP contribution in [0.5, 0.6) is 23.0 Å².